The van der Waals surface area contributed by atoms with E-state index in [4.69, 9.17) is 0 Å². The topological polar surface area (TPSA) is 43.4 Å². The lowest BCUT2D eigenvalue weighted by Crippen LogP contribution is -2.48. The fourth-order valence-electron chi connectivity index (χ4n) is 1.93. The standard InChI is InChI=1S/C12H14F3IO3S/c1-3-12(11(14)16,20(17,18)19-15)10(13)9-6-4-8(2)5-7-9/h4-7,10-11H,3H2,1-2H3. The normalized spacial score (nSPS) is 18.3. The van der Waals surface area contributed by atoms with Gasteiger partial charge in [-0.3, -0.25) is 0 Å². The molecule has 1 aromatic rings. The van der Waals surface area contributed by atoms with E-state index in [1.54, 1.807) is 19.1 Å². The smallest absolute Gasteiger partial charge is 0.240 e. The van der Waals surface area contributed by atoms with E-state index in [2.05, 4.69) is 4.39 Å². The Labute approximate surface area is 129 Å². The summed E-state index contributed by atoms with van der Waals surface area (Å²) >= 11 is 1.12. The highest BCUT2D eigenvalue weighted by atomic mass is 127. The van der Waals surface area contributed by atoms with Crippen molar-refractivity contribution in [1.29, 1.82) is 0 Å². The molecule has 0 aliphatic heterocycles. The van der Waals surface area contributed by atoms with E-state index in [0.29, 0.717) is 0 Å². The first-order valence-electron chi connectivity index (χ1n) is 5.76. The maximum absolute atomic E-state index is 14.6. The van der Waals surface area contributed by atoms with E-state index < -0.39 is 31.6 Å². The minimum atomic E-state index is -5.05. The number of aryl methyl sites for hydroxylation is 1. The number of hydrogen-bond acceptors (Lipinski definition) is 3. The van der Waals surface area contributed by atoms with Crippen molar-refractivity contribution in [2.24, 2.45) is 0 Å². The number of rotatable bonds is 6. The highest BCUT2D eigenvalue weighted by Crippen LogP contribution is 2.46. The van der Waals surface area contributed by atoms with Crippen LogP contribution in [0.15, 0.2) is 24.3 Å². The van der Waals surface area contributed by atoms with Gasteiger partial charge in [-0.1, -0.05) is 41.1 Å². The summed E-state index contributed by atoms with van der Waals surface area (Å²) in [7, 11) is -5.05. The summed E-state index contributed by atoms with van der Waals surface area (Å²) in [5.74, 6) is 0. The summed E-state index contributed by atoms with van der Waals surface area (Å²) in [4.78, 5) is 0. The van der Waals surface area contributed by atoms with Crippen molar-refractivity contribution in [1.82, 2.24) is 0 Å². The van der Waals surface area contributed by atoms with E-state index in [0.717, 1.165) is 28.2 Å². The molecular weight excluding hydrogens is 408 g/mol. The largest absolute Gasteiger partial charge is 0.310 e. The van der Waals surface area contributed by atoms with E-state index in [1.165, 1.54) is 19.1 Å². The number of benzene rings is 1. The predicted octanol–water partition coefficient (Wildman–Crippen LogP) is 4.12. The van der Waals surface area contributed by atoms with Crippen LogP contribution in [-0.2, 0) is 14.5 Å². The van der Waals surface area contributed by atoms with Gasteiger partial charge in [0.2, 0.25) is 0 Å². The molecule has 0 aromatic heterocycles. The lowest BCUT2D eigenvalue weighted by molar-refractivity contribution is -0.00775. The molecule has 20 heavy (non-hydrogen) atoms. The second-order valence-electron chi connectivity index (χ2n) is 4.40. The summed E-state index contributed by atoms with van der Waals surface area (Å²) < 4.78 is 62.3. The Morgan fingerprint density at radius 3 is 2.15 bits per heavy atom. The molecule has 0 N–H and O–H groups in total. The van der Waals surface area contributed by atoms with Gasteiger partial charge in [0, 0.05) is 0 Å². The van der Waals surface area contributed by atoms with Gasteiger partial charge in [0.1, 0.15) is 0 Å². The molecule has 3 nitrogen and oxygen atoms in total. The third-order valence-corrected chi connectivity index (χ3v) is 6.60. The van der Waals surface area contributed by atoms with Crippen molar-refractivity contribution in [2.75, 3.05) is 0 Å². The van der Waals surface area contributed by atoms with Gasteiger partial charge < -0.3 is 0 Å². The first kappa shape index (κ1) is 17.7. The Hall–Kier alpha value is -0.350. The molecule has 114 valence electrons. The van der Waals surface area contributed by atoms with Crippen LogP contribution in [0.5, 0.6) is 0 Å². The maximum atomic E-state index is 14.6. The van der Waals surface area contributed by atoms with Crippen molar-refractivity contribution in [3.8, 4) is 0 Å². The Morgan fingerprint density at radius 2 is 1.80 bits per heavy atom. The fraction of sp³-hybridized carbons (Fsp3) is 0.500. The van der Waals surface area contributed by atoms with Gasteiger partial charge in [0.25, 0.3) is 0 Å². The molecule has 0 aliphatic rings. The van der Waals surface area contributed by atoms with Crippen LogP contribution in [0.4, 0.5) is 13.3 Å². The molecule has 0 radical (unpaired) electrons. The number of hydrogen-bond donors (Lipinski definition) is 0. The minimum Gasteiger partial charge on any atom is -0.240 e. The molecule has 0 bridgehead atoms. The quantitative estimate of drug-likeness (QED) is 0.512. The molecule has 1 aromatic carbocycles. The van der Waals surface area contributed by atoms with Crippen LogP contribution >= 0.6 is 22.6 Å². The van der Waals surface area contributed by atoms with Crippen molar-refractivity contribution < 1.29 is 26.1 Å². The van der Waals surface area contributed by atoms with Crippen LogP contribution in [0.1, 0.15) is 30.6 Å². The Balaban J connectivity index is 3.42. The minimum absolute atomic E-state index is 0.0441. The summed E-state index contributed by atoms with van der Waals surface area (Å²) in [6, 6.07) is 5.81. The monoisotopic (exact) mass is 422 g/mol. The van der Waals surface area contributed by atoms with E-state index in [1.807, 2.05) is 0 Å². The average Bonchev–Trinajstić information content (AvgIpc) is 2.40. The van der Waals surface area contributed by atoms with Crippen molar-refractivity contribution in [3.63, 3.8) is 0 Å². The molecule has 0 amide bonds. The zero-order valence-corrected chi connectivity index (χ0v) is 13.8. The molecule has 0 fully saturated rings. The molecule has 1 rings (SSSR count). The van der Waals surface area contributed by atoms with Gasteiger partial charge in [0.15, 0.2) is 15.1 Å². The van der Waals surface area contributed by atoms with Crippen LogP contribution in [0.3, 0.4) is 0 Å². The van der Waals surface area contributed by atoms with Gasteiger partial charge in [-0.2, -0.15) is 8.42 Å². The van der Waals surface area contributed by atoms with Crippen LogP contribution in [-0.4, -0.2) is 17.3 Å². The highest BCUT2D eigenvalue weighted by molar-refractivity contribution is 14.1. The Morgan fingerprint density at radius 1 is 1.30 bits per heavy atom. The lowest BCUT2D eigenvalue weighted by Gasteiger charge is -2.33. The molecule has 3 atom stereocenters. The first-order valence-corrected chi connectivity index (χ1v) is 8.42. The number of alkyl halides is 3. The van der Waals surface area contributed by atoms with Gasteiger partial charge in [0.05, 0.1) is 0 Å². The molecule has 3 unspecified atom stereocenters. The van der Waals surface area contributed by atoms with Gasteiger partial charge in [-0.15, -0.1) is 0 Å². The van der Waals surface area contributed by atoms with E-state index in [-0.39, 0.29) is 5.56 Å². The second kappa shape index (κ2) is 6.61. The van der Waals surface area contributed by atoms with Crippen molar-refractivity contribution in [2.45, 2.75) is 35.4 Å². The summed E-state index contributed by atoms with van der Waals surface area (Å²) in [5, 5.41) is 0. The van der Waals surface area contributed by atoms with Crippen LogP contribution in [0, 0.1) is 6.92 Å². The zero-order valence-electron chi connectivity index (χ0n) is 10.8. The molecule has 0 heterocycles. The maximum Gasteiger partial charge on any atom is 0.310 e. The first-order chi connectivity index (χ1) is 9.22. The summed E-state index contributed by atoms with van der Waals surface area (Å²) in [5.41, 5.74) is 0.788. The molecule has 0 saturated carbocycles. The highest BCUT2D eigenvalue weighted by Gasteiger charge is 2.57. The fourth-order valence-corrected chi connectivity index (χ4v) is 4.70. The average molecular weight is 422 g/mol. The lowest BCUT2D eigenvalue weighted by atomic mass is 9.94. The van der Waals surface area contributed by atoms with Crippen LogP contribution in [0.25, 0.3) is 0 Å². The van der Waals surface area contributed by atoms with Crippen molar-refractivity contribution in [3.05, 3.63) is 35.4 Å². The SMILES string of the molecule is CCC(C(F)I)(C(F)c1ccc(C)cc1)S(=O)(=O)OF. The van der Waals surface area contributed by atoms with Gasteiger partial charge in [-0.25, -0.2) is 8.78 Å². The molecule has 0 spiro atoms. The van der Waals surface area contributed by atoms with E-state index in [9.17, 15) is 21.7 Å². The third kappa shape index (κ3) is 2.96. The predicted molar refractivity (Wildman–Crippen MR) is 78.1 cm³/mol. The van der Waals surface area contributed by atoms with Gasteiger partial charge >= 0.3 is 10.1 Å². The van der Waals surface area contributed by atoms with Crippen LogP contribution in [0.2, 0.25) is 0 Å². The Bertz CT molecular complexity index is 548. The molecular formula is C12H14F3IO3S. The molecule has 8 heteroatoms. The van der Waals surface area contributed by atoms with Crippen LogP contribution < -0.4 is 0 Å². The van der Waals surface area contributed by atoms with E-state index >= 15 is 0 Å². The molecule has 0 aliphatic carbocycles. The van der Waals surface area contributed by atoms with Crippen molar-refractivity contribution >= 4 is 32.7 Å². The summed E-state index contributed by atoms with van der Waals surface area (Å²) in [6.45, 7) is 3.03. The zero-order chi connectivity index (χ0) is 15.6. The third-order valence-electron chi connectivity index (χ3n) is 3.27. The number of halogens is 4. The summed E-state index contributed by atoms with van der Waals surface area (Å²) in [6.07, 6.45) is -2.72. The Kier molecular flexibility index (Phi) is 5.85. The van der Waals surface area contributed by atoms with Gasteiger partial charge in [-0.05, 0) is 46.0 Å². The second-order valence-corrected chi connectivity index (χ2v) is 7.29. The molecule has 0 saturated heterocycles.